The molecule has 4 rings (SSSR count). The summed E-state index contributed by atoms with van der Waals surface area (Å²) in [6.07, 6.45) is 2.95. The number of halogens is 1. The van der Waals surface area contributed by atoms with Crippen molar-refractivity contribution in [3.63, 3.8) is 0 Å². The highest BCUT2D eigenvalue weighted by molar-refractivity contribution is 7.89. The molecule has 1 aromatic carbocycles. The molecule has 1 fully saturated rings. The fraction of sp³-hybridized carbons (Fsp3) is 0.278. The van der Waals surface area contributed by atoms with Crippen molar-refractivity contribution in [1.82, 2.24) is 14.5 Å². The summed E-state index contributed by atoms with van der Waals surface area (Å²) in [5.74, 6) is 0.340. The number of hydrogen-bond donors (Lipinski definition) is 1. The highest BCUT2D eigenvalue weighted by Gasteiger charge is 2.31. The van der Waals surface area contributed by atoms with Crippen LogP contribution in [0.25, 0.3) is 11.5 Å². The van der Waals surface area contributed by atoms with Crippen LogP contribution in [0.4, 0.5) is 4.39 Å². The van der Waals surface area contributed by atoms with E-state index in [1.807, 2.05) is 12.1 Å². The Morgan fingerprint density at radius 3 is 2.65 bits per heavy atom. The molecule has 6 nitrogen and oxygen atoms in total. The van der Waals surface area contributed by atoms with Crippen molar-refractivity contribution in [1.29, 1.82) is 0 Å². The Kier molecular flexibility index (Phi) is 4.37. The molecule has 136 valence electrons. The topological polar surface area (TPSA) is 79.2 Å². The summed E-state index contributed by atoms with van der Waals surface area (Å²) in [5, 5.41) is 7.30. The quantitative estimate of drug-likeness (QED) is 0.758. The van der Waals surface area contributed by atoms with Gasteiger partial charge in [0.15, 0.2) is 5.76 Å². The minimum Gasteiger partial charge on any atom is -0.463 e. The Hall–Kier alpha value is -2.45. The average Bonchev–Trinajstić information content (AvgIpc) is 3.33. The molecule has 1 N–H and O–H groups in total. The maximum Gasteiger partial charge on any atom is 0.243 e. The fourth-order valence-corrected chi connectivity index (χ4v) is 4.78. The van der Waals surface area contributed by atoms with Crippen molar-refractivity contribution >= 4 is 10.0 Å². The largest absolute Gasteiger partial charge is 0.463 e. The molecule has 2 aromatic heterocycles. The second-order valence-corrected chi connectivity index (χ2v) is 8.26. The van der Waals surface area contributed by atoms with Crippen LogP contribution in [0, 0.1) is 5.82 Å². The van der Waals surface area contributed by atoms with Crippen molar-refractivity contribution in [2.75, 3.05) is 13.1 Å². The van der Waals surface area contributed by atoms with Crippen LogP contribution < -0.4 is 0 Å². The maximum atomic E-state index is 13.4. The first-order valence-corrected chi connectivity index (χ1v) is 9.83. The molecule has 1 aliphatic heterocycles. The number of rotatable bonds is 4. The van der Waals surface area contributed by atoms with E-state index >= 15 is 0 Å². The third kappa shape index (κ3) is 3.17. The van der Waals surface area contributed by atoms with Gasteiger partial charge >= 0.3 is 0 Å². The Bertz CT molecular complexity index is 990. The van der Waals surface area contributed by atoms with Gasteiger partial charge in [-0.3, -0.25) is 5.10 Å². The smallest absolute Gasteiger partial charge is 0.243 e. The van der Waals surface area contributed by atoms with E-state index in [0.717, 1.165) is 17.5 Å². The van der Waals surface area contributed by atoms with Gasteiger partial charge in [0, 0.05) is 24.7 Å². The molecule has 0 aliphatic carbocycles. The molecule has 1 aliphatic rings. The van der Waals surface area contributed by atoms with Crippen molar-refractivity contribution in [2.24, 2.45) is 0 Å². The minimum atomic E-state index is -3.67. The Morgan fingerprint density at radius 2 is 1.96 bits per heavy atom. The number of nitrogens with one attached hydrogen (secondary N) is 1. The third-order valence-corrected chi connectivity index (χ3v) is 6.59. The molecule has 3 aromatic rings. The summed E-state index contributed by atoms with van der Waals surface area (Å²) in [6.45, 7) is 0.775. The molecule has 26 heavy (non-hydrogen) atoms. The van der Waals surface area contributed by atoms with E-state index in [1.54, 1.807) is 12.3 Å². The zero-order chi connectivity index (χ0) is 18.1. The number of furan rings is 1. The molecular weight excluding hydrogens is 357 g/mol. The lowest BCUT2D eigenvalue weighted by atomic mass is 9.94. The number of aromatic amines is 1. The van der Waals surface area contributed by atoms with Crippen molar-refractivity contribution in [3.05, 3.63) is 60.2 Å². The number of benzene rings is 1. The summed E-state index contributed by atoms with van der Waals surface area (Å²) in [7, 11) is -3.67. The number of nitrogens with zero attached hydrogens (tertiary/aromatic N) is 2. The first-order valence-electron chi connectivity index (χ1n) is 8.39. The molecule has 3 heterocycles. The lowest BCUT2D eigenvalue weighted by Gasteiger charge is -2.30. The fourth-order valence-electron chi connectivity index (χ4n) is 3.28. The van der Waals surface area contributed by atoms with Crippen molar-refractivity contribution in [3.8, 4) is 11.5 Å². The van der Waals surface area contributed by atoms with Crippen LogP contribution >= 0.6 is 0 Å². The first kappa shape index (κ1) is 17.0. The summed E-state index contributed by atoms with van der Waals surface area (Å²) >= 11 is 0. The van der Waals surface area contributed by atoms with Crippen molar-refractivity contribution < 1.29 is 17.2 Å². The van der Waals surface area contributed by atoms with E-state index in [0.29, 0.717) is 31.7 Å². The zero-order valence-corrected chi connectivity index (χ0v) is 14.7. The van der Waals surface area contributed by atoms with Gasteiger partial charge in [0.1, 0.15) is 11.5 Å². The van der Waals surface area contributed by atoms with E-state index in [9.17, 15) is 12.8 Å². The Labute approximate surface area is 150 Å². The van der Waals surface area contributed by atoms with E-state index in [2.05, 4.69) is 10.2 Å². The van der Waals surface area contributed by atoms with Gasteiger partial charge in [-0.2, -0.15) is 9.40 Å². The van der Waals surface area contributed by atoms with Crippen LogP contribution in [0.3, 0.4) is 0 Å². The van der Waals surface area contributed by atoms with Crippen molar-refractivity contribution in [2.45, 2.75) is 23.7 Å². The monoisotopic (exact) mass is 375 g/mol. The summed E-state index contributed by atoms with van der Waals surface area (Å²) in [4.78, 5) is -0.00223. The maximum absolute atomic E-state index is 13.4. The molecule has 0 atom stereocenters. The predicted octanol–water partition coefficient (Wildman–Crippen LogP) is 3.38. The highest BCUT2D eigenvalue weighted by Crippen LogP contribution is 2.31. The number of sulfonamides is 1. The van der Waals surface area contributed by atoms with Gasteiger partial charge in [0.05, 0.1) is 11.2 Å². The summed E-state index contributed by atoms with van der Waals surface area (Å²) in [5.41, 5.74) is 1.71. The van der Waals surface area contributed by atoms with Gasteiger partial charge in [-0.15, -0.1) is 0 Å². The normalized spacial score (nSPS) is 16.8. The van der Waals surface area contributed by atoms with Crippen LogP contribution in [-0.4, -0.2) is 36.0 Å². The third-order valence-electron chi connectivity index (χ3n) is 4.70. The number of hydrogen-bond acceptors (Lipinski definition) is 4. The summed E-state index contributed by atoms with van der Waals surface area (Å²) in [6, 6.07) is 10.7. The van der Waals surface area contributed by atoms with Crippen LogP contribution in [0.15, 0.2) is 58.0 Å². The minimum absolute atomic E-state index is 0.00223. The Balaban J connectivity index is 1.46. The highest BCUT2D eigenvalue weighted by atomic mass is 32.2. The van der Waals surface area contributed by atoms with Crippen LogP contribution in [0.1, 0.15) is 24.5 Å². The first-order chi connectivity index (χ1) is 12.5. The van der Waals surface area contributed by atoms with Gasteiger partial charge in [0.25, 0.3) is 0 Å². The average molecular weight is 375 g/mol. The molecule has 0 radical (unpaired) electrons. The van der Waals surface area contributed by atoms with Gasteiger partial charge in [0.2, 0.25) is 10.0 Å². The molecule has 0 bridgehead atoms. The molecule has 1 saturated heterocycles. The lowest BCUT2D eigenvalue weighted by Crippen LogP contribution is -2.38. The van der Waals surface area contributed by atoms with Crippen LogP contribution in [0.5, 0.6) is 0 Å². The van der Waals surface area contributed by atoms with Crippen LogP contribution in [0.2, 0.25) is 0 Å². The van der Waals surface area contributed by atoms with Gasteiger partial charge in [-0.05, 0) is 49.2 Å². The Morgan fingerprint density at radius 1 is 1.15 bits per heavy atom. The van der Waals surface area contributed by atoms with Gasteiger partial charge in [-0.1, -0.05) is 6.07 Å². The molecule has 8 heteroatoms. The lowest BCUT2D eigenvalue weighted by molar-refractivity contribution is 0.316. The second-order valence-electron chi connectivity index (χ2n) is 6.32. The number of aromatic nitrogens is 2. The molecule has 0 saturated carbocycles. The molecular formula is C18H18FN3O3S. The van der Waals surface area contributed by atoms with E-state index in [-0.39, 0.29) is 10.8 Å². The summed E-state index contributed by atoms with van der Waals surface area (Å²) < 4.78 is 45.5. The van der Waals surface area contributed by atoms with Gasteiger partial charge in [-0.25, -0.2) is 12.8 Å². The second kappa shape index (κ2) is 6.69. The molecule has 0 amide bonds. The van der Waals surface area contributed by atoms with E-state index in [1.165, 1.54) is 22.5 Å². The van der Waals surface area contributed by atoms with Crippen LogP contribution in [-0.2, 0) is 10.0 Å². The zero-order valence-electron chi connectivity index (χ0n) is 13.9. The number of piperidine rings is 1. The SMILES string of the molecule is O=S(=O)(c1cccc(F)c1)N1CCC(c2cc(-c3ccco3)n[nH]2)CC1. The molecule has 0 spiro atoms. The van der Waals surface area contributed by atoms with Gasteiger partial charge < -0.3 is 4.42 Å². The van der Waals surface area contributed by atoms with E-state index < -0.39 is 15.8 Å². The predicted molar refractivity (Wildman–Crippen MR) is 93.4 cm³/mol. The van der Waals surface area contributed by atoms with E-state index in [4.69, 9.17) is 4.42 Å². The standard InChI is InChI=1S/C18H18FN3O3S/c19-14-3-1-4-15(11-14)26(23,24)22-8-6-13(7-9-22)16-12-17(21-20-16)18-5-2-10-25-18/h1-5,10-13H,6-9H2,(H,20,21). The molecule has 0 unspecified atom stereocenters. The number of H-pyrrole nitrogens is 1.